The molecule has 0 amide bonds. The van der Waals surface area contributed by atoms with Gasteiger partial charge in [-0.05, 0) is 43.2 Å². The monoisotopic (exact) mass is 328 g/mol. The van der Waals surface area contributed by atoms with Crippen molar-refractivity contribution in [1.29, 1.82) is 0 Å². The Morgan fingerprint density at radius 2 is 2.10 bits per heavy atom. The summed E-state index contributed by atoms with van der Waals surface area (Å²) in [5, 5.41) is 3.42. The van der Waals surface area contributed by atoms with E-state index in [0.717, 1.165) is 23.4 Å². The van der Waals surface area contributed by atoms with Gasteiger partial charge in [0.1, 0.15) is 0 Å². The summed E-state index contributed by atoms with van der Waals surface area (Å²) < 4.78 is 26.8. The highest BCUT2D eigenvalue weighted by Crippen LogP contribution is 2.23. The standard InChI is InChI=1S/C15H24N2O2S2/c1-12-4-5-13(11-16-14-6-7-14)10-15(12)21(18,19)17(2)8-9-20-3/h4-5,10,14,16H,6-9,11H2,1-3H3. The molecule has 0 saturated heterocycles. The number of rotatable bonds is 8. The Labute approximate surface area is 132 Å². The maximum absolute atomic E-state index is 12.7. The Kier molecular flexibility index (Phi) is 5.71. The third-order valence-corrected chi connectivity index (χ3v) is 6.31. The normalized spacial score (nSPS) is 15.6. The molecular weight excluding hydrogens is 304 g/mol. The molecule has 2 rings (SSSR count). The van der Waals surface area contributed by atoms with Crippen LogP contribution in [-0.2, 0) is 16.6 Å². The van der Waals surface area contributed by atoms with E-state index in [-0.39, 0.29) is 0 Å². The van der Waals surface area contributed by atoms with Crippen molar-refractivity contribution in [3.63, 3.8) is 0 Å². The van der Waals surface area contributed by atoms with Gasteiger partial charge in [0.2, 0.25) is 10.0 Å². The Hall–Kier alpha value is -0.560. The summed E-state index contributed by atoms with van der Waals surface area (Å²) in [7, 11) is -1.74. The van der Waals surface area contributed by atoms with Gasteiger partial charge in [0.15, 0.2) is 0 Å². The Morgan fingerprint density at radius 3 is 2.71 bits per heavy atom. The molecule has 0 aromatic heterocycles. The van der Waals surface area contributed by atoms with Crippen LogP contribution in [0.25, 0.3) is 0 Å². The van der Waals surface area contributed by atoms with Gasteiger partial charge in [0.25, 0.3) is 0 Å². The van der Waals surface area contributed by atoms with Crippen molar-refractivity contribution in [2.75, 3.05) is 25.6 Å². The Bertz CT molecular complexity index is 583. The average Bonchev–Trinajstić information content (AvgIpc) is 3.27. The van der Waals surface area contributed by atoms with Crippen molar-refractivity contribution in [1.82, 2.24) is 9.62 Å². The van der Waals surface area contributed by atoms with Crippen LogP contribution in [0.5, 0.6) is 0 Å². The second-order valence-electron chi connectivity index (χ2n) is 5.57. The van der Waals surface area contributed by atoms with Gasteiger partial charge in [-0.2, -0.15) is 11.8 Å². The van der Waals surface area contributed by atoms with Crippen LogP contribution in [0.3, 0.4) is 0 Å². The van der Waals surface area contributed by atoms with Crippen LogP contribution in [0.2, 0.25) is 0 Å². The van der Waals surface area contributed by atoms with Crippen molar-refractivity contribution in [3.05, 3.63) is 29.3 Å². The van der Waals surface area contributed by atoms with Crippen molar-refractivity contribution >= 4 is 21.8 Å². The van der Waals surface area contributed by atoms with E-state index < -0.39 is 10.0 Å². The number of sulfonamides is 1. The average molecular weight is 329 g/mol. The molecule has 0 atom stereocenters. The van der Waals surface area contributed by atoms with E-state index >= 15 is 0 Å². The fourth-order valence-electron chi connectivity index (χ4n) is 2.09. The summed E-state index contributed by atoms with van der Waals surface area (Å²) in [4.78, 5) is 0.432. The number of hydrogen-bond acceptors (Lipinski definition) is 4. The predicted octanol–water partition coefficient (Wildman–Crippen LogP) is 2.23. The maximum Gasteiger partial charge on any atom is 0.243 e. The molecule has 0 radical (unpaired) electrons. The second-order valence-corrected chi connectivity index (χ2v) is 8.57. The molecule has 1 aliphatic rings. The van der Waals surface area contributed by atoms with Gasteiger partial charge < -0.3 is 5.32 Å². The first-order valence-electron chi connectivity index (χ1n) is 7.23. The number of thioether (sulfide) groups is 1. The van der Waals surface area contributed by atoms with E-state index in [1.807, 2.05) is 31.4 Å². The largest absolute Gasteiger partial charge is 0.310 e. The lowest BCUT2D eigenvalue weighted by Gasteiger charge is -2.19. The summed E-state index contributed by atoms with van der Waals surface area (Å²) in [5.74, 6) is 0.803. The molecule has 0 unspecified atom stereocenters. The molecule has 1 N–H and O–H groups in total. The molecular formula is C15H24N2O2S2. The summed E-state index contributed by atoms with van der Waals surface area (Å²) in [6.07, 6.45) is 4.44. The zero-order chi connectivity index (χ0) is 15.5. The minimum absolute atomic E-state index is 0.432. The number of nitrogens with one attached hydrogen (secondary N) is 1. The number of hydrogen-bond donors (Lipinski definition) is 1. The van der Waals surface area contributed by atoms with Crippen LogP contribution in [-0.4, -0.2) is 44.4 Å². The van der Waals surface area contributed by atoms with Gasteiger partial charge in [-0.1, -0.05) is 12.1 Å². The molecule has 0 spiro atoms. The Balaban J connectivity index is 2.17. The minimum atomic E-state index is -3.40. The molecule has 1 aromatic carbocycles. The van der Waals surface area contributed by atoms with Crippen molar-refractivity contribution in [2.24, 2.45) is 0 Å². The topological polar surface area (TPSA) is 49.4 Å². The summed E-state index contributed by atoms with van der Waals surface area (Å²) in [5.41, 5.74) is 1.84. The van der Waals surface area contributed by atoms with E-state index in [1.165, 1.54) is 17.1 Å². The lowest BCUT2D eigenvalue weighted by molar-refractivity contribution is 0.488. The van der Waals surface area contributed by atoms with Crippen LogP contribution >= 0.6 is 11.8 Å². The summed E-state index contributed by atoms with van der Waals surface area (Å²) in [6.45, 7) is 3.13. The first kappa shape index (κ1) is 16.8. The highest BCUT2D eigenvalue weighted by molar-refractivity contribution is 7.98. The van der Waals surface area contributed by atoms with Crippen LogP contribution in [0.1, 0.15) is 24.0 Å². The quantitative estimate of drug-likeness (QED) is 0.795. The molecule has 1 fully saturated rings. The van der Waals surface area contributed by atoms with Gasteiger partial charge in [-0.15, -0.1) is 0 Å². The zero-order valence-corrected chi connectivity index (χ0v) is 14.6. The van der Waals surface area contributed by atoms with E-state index in [9.17, 15) is 8.42 Å². The summed E-state index contributed by atoms with van der Waals surface area (Å²) in [6, 6.07) is 6.34. The Morgan fingerprint density at radius 1 is 1.38 bits per heavy atom. The van der Waals surface area contributed by atoms with Crippen molar-refractivity contribution in [3.8, 4) is 0 Å². The zero-order valence-electron chi connectivity index (χ0n) is 12.9. The van der Waals surface area contributed by atoms with Crippen molar-refractivity contribution < 1.29 is 8.42 Å². The maximum atomic E-state index is 12.7. The molecule has 1 aromatic rings. The molecule has 118 valence electrons. The van der Waals surface area contributed by atoms with Gasteiger partial charge in [0, 0.05) is 31.9 Å². The third-order valence-electron chi connectivity index (χ3n) is 3.72. The molecule has 6 heteroatoms. The van der Waals surface area contributed by atoms with E-state index in [4.69, 9.17) is 0 Å². The second kappa shape index (κ2) is 7.13. The van der Waals surface area contributed by atoms with Crippen LogP contribution in [0, 0.1) is 6.92 Å². The molecule has 1 saturated carbocycles. The van der Waals surface area contributed by atoms with Gasteiger partial charge in [-0.3, -0.25) is 0 Å². The van der Waals surface area contributed by atoms with Gasteiger partial charge >= 0.3 is 0 Å². The van der Waals surface area contributed by atoms with Crippen LogP contribution in [0.4, 0.5) is 0 Å². The number of aryl methyl sites for hydroxylation is 1. The molecule has 1 aliphatic carbocycles. The number of nitrogens with zero attached hydrogens (tertiary/aromatic N) is 1. The lowest BCUT2D eigenvalue weighted by atomic mass is 10.1. The molecule has 0 aliphatic heterocycles. The van der Waals surface area contributed by atoms with Crippen LogP contribution in [0.15, 0.2) is 23.1 Å². The van der Waals surface area contributed by atoms with Crippen molar-refractivity contribution in [2.45, 2.75) is 37.2 Å². The van der Waals surface area contributed by atoms with Gasteiger partial charge in [-0.25, -0.2) is 12.7 Å². The third kappa shape index (κ3) is 4.45. The van der Waals surface area contributed by atoms with E-state index in [2.05, 4.69) is 5.32 Å². The molecule has 4 nitrogen and oxygen atoms in total. The first-order chi connectivity index (χ1) is 9.95. The molecule has 0 heterocycles. The lowest BCUT2D eigenvalue weighted by Crippen LogP contribution is -2.29. The molecule has 0 bridgehead atoms. The molecule has 21 heavy (non-hydrogen) atoms. The van der Waals surface area contributed by atoms with Gasteiger partial charge in [0.05, 0.1) is 4.90 Å². The first-order valence-corrected chi connectivity index (χ1v) is 10.1. The van der Waals surface area contributed by atoms with E-state index in [0.29, 0.717) is 17.5 Å². The summed E-state index contributed by atoms with van der Waals surface area (Å²) >= 11 is 1.65. The van der Waals surface area contributed by atoms with E-state index in [1.54, 1.807) is 18.8 Å². The SMILES string of the molecule is CSCCN(C)S(=O)(=O)c1cc(CNC2CC2)ccc1C. The number of benzene rings is 1. The highest BCUT2D eigenvalue weighted by atomic mass is 32.2. The minimum Gasteiger partial charge on any atom is -0.310 e. The predicted molar refractivity (Wildman–Crippen MR) is 89.2 cm³/mol. The fraction of sp³-hybridized carbons (Fsp3) is 0.600. The smallest absolute Gasteiger partial charge is 0.243 e. The highest BCUT2D eigenvalue weighted by Gasteiger charge is 2.23. The fourth-order valence-corrected chi connectivity index (χ4v) is 4.10. The van der Waals surface area contributed by atoms with Crippen LogP contribution < -0.4 is 5.32 Å².